The molecule has 2 rings (SSSR count). The number of methoxy groups -OCH3 is 1. The fraction of sp³-hybridized carbons (Fsp3) is 0.0833. The molecule has 0 aliphatic rings. The van der Waals surface area contributed by atoms with E-state index in [4.69, 9.17) is 17.3 Å². The number of nitrogens with two attached hydrogens (primary N) is 1. The largest absolute Gasteiger partial charge is 0.465 e. The maximum absolute atomic E-state index is 11.5. The fourth-order valence-corrected chi connectivity index (χ4v) is 2.33. The van der Waals surface area contributed by atoms with E-state index in [2.05, 4.69) is 14.7 Å². The molecule has 0 bridgehead atoms. The number of anilines is 1. The van der Waals surface area contributed by atoms with Crippen molar-refractivity contribution < 1.29 is 9.53 Å². The highest BCUT2D eigenvalue weighted by Crippen LogP contribution is 2.31. The van der Waals surface area contributed by atoms with Crippen molar-refractivity contribution >= 4 is 35.0 Å². The third-order valence-corrected chi connectivity index (χ3v) is 3.61. The van der Waals surface area contributed by atoms with Crippen LogP contribution in [0.4, 0.5) is 5.69 Å². The predicted molar refractivity (Wildman–Crippen MR) is 73.4 cm³/mol. The number of pyridine rings is 2. The van der Waals surface area contributed by atoms with Gasteiger partial charge in [0.05, 0.1) is 29.6 Å². The summed E-state index contributed by atoms with van der Waals surface area (Å²) in [6, 6.07) is 5.02. The Kier molecular flexibility index (Phi) is 4.24. The van der Waals surface area contributed by atoms with Gasteiger partial charge in [-0.1, -0.05) is 11.6 Å². The first kappa shape index (κ1) is 13.6. The number of hydrogen-bond donors (Lipinski definition) is 1. The second kappa shape index (κ2) is 5.90. The Morgan fingerprint density at radius 1 is 1.47 bits per heavy atom. The van der Waals surface area contributed by atoms with Crippen molar-refractivity contribution in [2.75, 3.05) is 12.8 Å². The number of ether oxygens (including phenoxy) is 1. The number of carbonyl (C=O) groups is 1. The molecule has 2 N–H and O–H groups in total. The normalized spacial score (nSPS) is 10.2. The summed E-state index contributed by atoms with van der Waals surface area (Å²) in [5.74, 6) is -0.506. The minimum Gasteiger partial charge on any atom is -0.465 e. The van der Waals surface area contributed by atoms with E-state index in [9.17, 15) is 4.79 Å². The Bertz CT molecular complexity index is 622. The average molecular weight is 296 g/mol. The van der Waals surface area contributed by atoms with Crippen LogP contribution >= 0.6 is 23.4 Å². The molecule has 0 aliphatic heterocycles. The van der Waals surface area contributed by atoms with Gasteiger partial charge in [-0.05, 0) is 30.0 Å². The molecular formula is C12H10ClN3O2S. The summed E-state index contributed by atoms with van der Waals surface area (Å²) in [7, 11) is 1.30. The first-order chi connectivity index (χ1) is 9.11. The van der Waals surface area contributed by atoms with Crippen molar-refractivity contribution in [3.05, 3.63) is 41.2 Å². The highest BCUT2D eigenvalue weighted by molar-refractivity contribution is 7.99. The van der Waals surface area contributed by atoms with Gasteiger partial charge in [0.2, 0.25) is 0 Å². The summed E-state index contributed by atoms with van der Waals surface area (Å²) < 4.78 is 4.65. The number of nitrogens with zero attached hydrogens (tertiary/aromatic N) is 2. The summed E-state index contributed by atoms with van der Waals surface area (Å²) in [5, 5.41) is 1.69. The van der Waals surface area contributed by atoms with E-state index in [-0.39, 0.29) is 11.3 Å². The van der Waals surface area contributed by atoms with Crippen LogP contribution in [0.25, 0.3) is 0 Å². The molecule has 0 saturated carbocycles. The number of halogens is 1. The molecule has 2 heterocycles. The van der Waals surface area contributed by atoms with Crippen LogP contribution in [-0.2, 0) is 4.74 Å². The quantitative estimate of drug-likeness (QED) is 0.877. The Hall–Kier alpha value is -1.79. The maximum Gasteiger partial charge on any atom is 0.340 e. The molecule has 19 heavy (non-hydrogen) atoms. The van der Waals surface area contributed by atoms with E-state index >= 15 is 0 Å². The smallest absolute Gasteiger partial charge is 0.340 e. The third kappa shape index (κ3) is 3.15. The lowest BCUT2D eigenvalue weighted by Gasteiger charge is -2.06. The maximum atomic E-state index is 11.5. The van der Waals surface area contributed by atoms with E-state index < -0.39 is 5.97 Å². The molecule has 7 heteroatoms. The highest BCUT2D eigenvalue weighted by Gasteiger charge is 2.13. The molecule has 0 radical (unpaired) electrons. The van der Waals surface area contributed by atoms with Gasteiger partial charge in [0.1, 0.15) is 10.1 Å². The summed E-state index contributed by atoms with van der Waals surface area (Å²) in [5.41, 5.74) is 6.21. The minimum absolute atomic E-state index is 0.267. The number of carbonyl (C=O) groups excluding carboxylic acids is 1. The monoisotopic (exact) mass is 295 g/mol. The van der Waals surface area contributed by atoms with Crippen LogP contribution in [0.3, 0.4) is 0 Å². The molecule has 0 atom stereocenters. The standard InChI is InChI=1S/C12H10ClN3O2S/c1-18-12(17)7-5-10(16-6-9(7)14)19-11-8(13)3-2-4-15-11/h2-6H,14H2,1H3. The number of nitrogen functional groups attached to an aromatic ring is 1. The second-order valence-electron chi connectivity index (χ2n) is 3.49. The molecule has 0 aromatic carbocycles. The van der Waals surface area contributed by atoms with Crippen molar-refractivity contribution in [3.8, 4) is 0 Å². The van der Waals surface area contributed by atoms with Gasteiger partial charge in [-0.2, -0.15) is 0 Å². The van der Waals surface area contributed by atoms with Gasteiger partial charge < -0.3 is 10.5 Å². The van der Waals surface area contributed by atoms with Gasteiger partial charge in [-0.3, -0.25) is 0 Å². The van der Waals surface area contributed by atoms with E-state index in [0.29, 0.717) is 15.1 Å². The van der Waals surface area contributed by atoms with Crippen LogP contribution < -0.4 is 5.73 Å². The van der Waals surface area contributed by atoms with Crippen LogP contribution in [0.1, 0.15) is 10.4 Å². The molecule has 0 fully saturated rings. The van der Waals surface area contributed by atoms with Crippen LogP contribution in [0.2, 0.25) is 5.02 Å². The number of esters is 1. The van der Waals surface area contributed by atoms with Crippen molar-refractivity contribution in [1.29, 1.82) is 0 Å². The van der Waals surface area contributed by atoms with Gasteiger partial charge in [0.25, 0.3) is 0 Å². The van der Waals surface area contributed by atoms with Gasteiger partial charge in [0, 0.05) is 6.20 Å². The second-order valence-corrected chi connectivity index (χ2v) is 4.91. The molecule has 0 saturated heterocycles. The lowest BCUT2D eigenvalue weighted by Crippen LogP contribution is -2.06. The molecule has 0 amide bonds. The summed E-state index contributed by atoms with van der Waals surface area (Å²) in [6.07, 6.45) is 3.04. The Morgan fingerprint density at radius 3 is 2.95 bits per heavy atom. The van der Waals surface area contributed by atoms with E-state index in [1.807, 2.05) is 0 Å². The zero-order valence-corrected chi connectivity index (χ0v) is 11.5. The van der Waals surface area contributed by atoms with Gasteiger partial charge in [-0.15, -0.1) is 0 Å². The van der Waals surface area contributed by atoms with Crippen LogP contribution in [0, 0.1) is 0 Å². The lowest BCUT2D eigenvalue weighted by atomic mass is 10.2. The van der Waals surface area contributed by atoms with E-state index in [0.717, 1.165) is 0 Å². The van der Waals surface area contributed by atoms with Crippen molar-refractivity contribution in [3.63, 3.8) is 0 Å². The van der Waals surface area contributed by atoms with Crippen molar-refractivity contribution in [2.24, 2.45) is 0 Å². The Labute approximate surface area is 119 Å². The van der Waals surface area contributed by atoms with E-state index in [1.165, 1.54) is 25.1 Å². The molecule has 0 spiro atoms. The minimum atomic E-state index is -0.506. The van der Waals surface area contributed by atoms with Gasteiger partial charge >= 0.3 is 5.97 Å². The van der Waals surface area contributed by atoms with Crippen LogP contribution in [-0.4, -0.2) is 23.0 Å². The molecule has 5 nitrogen and oxygen atoms in total. The molecule has 2 aromatic heterocycles. The van der Waals surface area contributed by atoms with Crippen LogP contribution in [0.5, 0.6) is 0 Å². The first-order valence-corrected chi connectivity index (χ1v) is 6.43. The molecule has 0 unspecified atom stereocenters. The average Bonchev–Trinajstić information content (AvgIpc) is 2.42. The van der Waals surface area contributed by atoms with Gasteiger partial charge in [0.15, 0.2) is 0 Å². The molecule has 0 aliphatic carbocycles. The van der Waals surface area contributed by atoms with Crippen molar-refractivity contribution in [1.82, 2.24) is 9.97 Å². The zero-order valence-electron chi connectivity index (χ0n) is 9.96. The summed E-state index contributed by atoms with van der Waals surface area (Å²) in [4.78, 5) is 19.8. The van der Waals surface area contributed by atoms with Crippen molar-refractivity contribution in [2.45, 2.75) is 10.1 Å². The van der Waals surface area contributed by atoms with E-state index in [1.54, 1.807) is 24.4 Å². The summed E-state index contributed by atoms with van der Waals surface area (Å²) >= 11 is 7.26. The fourth-order valence-electron chi connectivity index (χ4n) is 1.33. The Balaban J connectivity index is 2.32. The predicted octanol–water partition coefficient (Wildman–Crippen LogP) is 2.65. The topological polar surface area (TPSA) is 78.1 Å². The lowest BCUT2D eigenvalue weighted by molar-refractivity contribution is 0.0601. The number of rotatable bonds is 3. The molecule has 2 aromatic rings. The SMILES string of the molecule is COC(=O)c1cc(Sc2ncccc2Cl)ncc1N. The molecular weight excluding hydrogens is 286 g/mol. The summed E-state index contributed by atoms with van der Waals surface area (Å²) in [6.45, 7) is 0. The zero-order chi connectivity index (χ0) is 13.8. The molecule has 98 valence electrons. The Morgan fingerprint density at radius 2 is 2.26 bits per heavy atom. The third-order valence-electron chi connectivity index (χ3n) is 2.24. The van der Waals surface area contributed by atoms with Gasteiger partial charge in [-0.25, -0.2) is 14.8 Å². The number of aromatic nitrogens is 2. The first-order valence-electron chi connectivity index (χ1n) is 5.24. The van der Waals surface area contributed by atoms with Crippen LogP contribution in [0.15, 0.2) is 40.6 Å². The highest BCUT2D eigenvalue weighted by atomic mass is 35.5. The number of hydrogen-bond acceptors (Lipinski definition) is 6.